The molecule has 0 fully saturated rings. The zero-order chi connectivity index (χ0) is 19.3. The van der Waals surface area contributed by atoms with Crippen molar-refractivity contribution in [2.45, 2.75) is 25.8 Å². The lowest BCUT2D eigenvalue weighted by Gasteiger charge is -2.23. The van der Waals surface area contributed by atoms with Gasteiger partial charge < -0.3 is 20.5 Å². The number of carbonyl (C=O) groups is 2. The van der Waals surface area contributed by atoms with Gasteiger partial charge in [-0.3, -0.25) is 14.3 Å². The smallest absolute Gasteiger partial charge is 0.262 e. The SMILES string of the molecule is COc1nn(C)cc1C(=O)Nc1ccc(CC(=O)NC(C)(C)CO)cc1. The molecule has 1 aromatic heterocycles. The van der Waals surface area contributed by atoms with Crippen LogP contribution in [0, 0.1) is 0 Å². The van der Waals surface area contributed by atoms with Gasteiger partial charge in [0.15, 0.2) is 0 Å². The highest BCUT2D eigenvalue weighted by atomic mass is 16.5. The maximum atomic E-state index is 12.3. The minimum Gasteiger partial charge on any atom is -0.479 e. The van der Waals surface area contributed by atoms with Gasteiger partial charge in [0.1, 0.15) is 5.56 Å². The normalized spacial score (nSPS) is 11.1. The third kappa shape index (κ3) is 5.06. The number of hydrogen-bond acceptors (Lipinski definition) is 5. The van der Waals surface area contributed by atoms with Crippen LogP contribution in [0.25, 0.3) is 0 Å². The topological polar surface area (TPSA) is 105 Å². The summed E-state index contributed by atoms with van der Waals surface area (Å²) in [6.45, 7) is 3.36. The van der Waals surface area contributed by atoms with E-state index in [9.17, 15) is 14.7 Å². The molecule has 2 rings (SSSR count). The lowest BCUT2D eigenvalue weighted by atomic mass is 10.1. The molecule has 0 radical (unpaired) electrons. The van der Waals surface area contributed by atoms with Crippen molar-refractivity contribution in [3.63, 3.8) is 0 Å². The highest BCUT2D eigenvalue weighted by Crippen LogP contribution is 2.18. The van der Waals surface area contributed by atoms with Crippen LogP contribution in [-0.4, -0.2) is 46.0 Å². The molecule has 26 heavy (non-hydrogen) atoms. The minimum absolute atomic E-state index is 0.137. The van der Waals surface area contributed by atoms with E-state index < -0.39 is 5.54 Å². The van der Waals surface area contributed by atoms with E-state index in [0.717, 1.165) is 5.56 Å². The van der Waals surface area contributed by atoms with Gasteiger partial charge in [-0.05, 0) is 31.5 Å². The van der Waals surface area contributed by atoms with Crippen LogP contribution in [0.1, 0.15) is 29.8 Å². The zero-order valence-electron chi connectivity index (χ0n) is 15.4. The Morgan fingerprint density at radius 2 is 1.92 bits per heavy atom. The van der Waals surface area contributed by atoms with E-state index >= 15 is 0 Å². The molecule has 0 aliphatic rings. The van der Waals surface area contributed by atoms with Crippen LogP contribution in [0.15, 0.2) is 30.5 Å². The van der Waals surface area contributed by atoms with Crippen LogP contribution in [0.4, 0.5) is 5.69 Å². The second-order valence-corrected chi connectivity index (χ2v) is 6.64. The molecule has 0 spiro atoms. The van der Waals surface area contributed by atoms with Crippen LogP contribution >= 0.6 is 0 Å². The van der Waals surface area contributed by atoms with Gasteiger partial charge in [-0.25, -0.2) is 0 Å². The second-order valence-electron chi connectivity index (χ2n) is 6.64. The quantitative estimate of drug-likeness (QED) is 0.686. The molecule has 1 aromatic carbocycles. The number of benzene rings is 1. The first-order valence-electron chi connectivity index (χ1n) is 8.14. The Kier molecular flexibility index (Phi) is 5.99. The zero-order valence-corrected chi connectivity index (χ0v) is 15.4. The standard InChI is InChI=1S/C18H24N4O4/c1-18(2,11-23)20-15(24)9-12-5-7-13(8-6-12)19-16(25)14-10-22(3)21-17(14)26-4/h5-8,10,23H,9,11H2,1-4H3,(H,19,25)(H,20,24). The molecule has 0 bridgehead atoms. The van der Waals surface area contributed by atoms with Crippen molar-refractivity contribution in [3.05, 3.63) is 41.6 Å². The fourth-order valence-corrected chi connectivity index (χ4v) is 2.33. The third-order valence-corrected chi connectivity index (χ3v) is 3.68. The van der Waals surface area contributed by atoms with E-state index in [2.05, 4.69) is 15.7 Å². The van der Waals surface area contributed by atoms with Gasteiger partial charge in [-0.15, -0.1) is 5.10 Å². The maximum Gasteiger partial charge on any atom is 0.262 e. The fraction of sp³-hybridized carbons (Fsp3) is 0.389. The Bertz CT molecular complexity index is 781. The molecule has 0 aliphatic carbocycles. The second kappa shape index (κ2) is 8.01. The van der Waals surface area contributed by atoms with Gasteiger partial charge in [0, 0.05) is 18.9 Å². The number of aliphatic hydroxyl groups is 1. The van der Waals surface area contributed by atoms with E-state index in [1.54, 1.807) is 51.4 Å². The first kappa shape index (κ1) is 19.5. The molecular weight excluding hydrogens is 336 g/mol. The Morgan fingerprint density at radius 1 is 1.27 bits per heavy atom. The first-order valence-corrected chi connectivity index (χ1v) is 8.14. The molecule has 8 nitrogen and oxygen atoms in total. The summed E-state index contributed by atoms with van der Waals surface area (Å²) in [6.07, 6.45) is 1.77. The van der Waals surface area contributed by atoms with Gasteiger partial charge in [0.2, 0.25) is 11.8 Å². The Hall–Kier alpha value is -2.87. The summed E-state index contributed by atoms with van der Waals surface area (Å²) in [5.74, 6) is -0.254. The molecule has 3 N–H and O–H groups in total. The largest absolute Gasteiger partial charge is 0.479 e. The molecule has 2 aromatic rings. The van der Waals surface area contributed by atoms with Crippen molar-refractivity contribution < 1.29 is 19.4 Å². The van der Waals surface area contributed by atoms with Crippen molar-refractivity contribution in [2.24, 2.45) is 7.05 Å². The number of aryl methyl sites for hydroxylation is 1. The van der Waals surface area contributed by atoms with E-state index in [0.29, 0.717) is 11.3 Å². The summed E-state index contributed by atoms with van der Waals surface area (Å²) >= 11 is 0. The number of aromatic nitrogens is 2. The van der Waals surface area contributed by atoms with Gasteiger partial charge in [-0.2, -0.15) is 0 Å². The average Bonchev–Trinajstić information content (AvgIpc) is 2.97. The number of amides is 2. The third-order valence-electron chi connectivity index (χ3n) is 3.68. The first-order chi connectivity index (χ1) is 12.2. The predicted octanol–water partition coefficient (Wildman–Crippen LogP) is 1.11. The number of anilines is 1. The maximum absolute atomic E-state index is 12.3. The molecule has 140 valence electrons. The number of aliphatic hydroxyl groups excluding tert-OH is 1. The van der Waals surface area contributed by atoms with Crippen LogP contribution < -0.4 is 15.4 Å². The van der Waals surface area contributed by atoms with Crippen LogP contribution in [-0.2, 0) is 18.3 Å². The molecular formula is C18H24N4O4. The lowest BCUT2D eigenvalue weighted by molar-refractivity contribution is -0.122. The van der Waals surface area contributed by atoms with Gasteiger partial charge in [0.25, 0.3) is 5.91 Å². The summed E-state index contributed by atoms with van der Waals surface area (Å²) in [6, 6.07) is 6.98. The highest BCUT2D eigenvalue weighted by Gasteiger charge is 2.19. The molecule has 0 unspecified atom stereocenters. The number of hydrogen-bond donors (Lipinski definition) is 3. The molecule has 8 heteroatoms. The summed E-state index contributed by atoms with van der Waals surface area (Å²) in [7, 11) is 3.16. The van der Waals surface area contributed by atoms with Crippen LogP contribution in [0.5, 0.6) is 5.88 Å². The van der Waals surface area contributed by atoms with Crippen molar-refractivity contribution in [1.82, 2.24) is 15.1 Å². The number of methoxy groups -OCH3 is 1. The number of nitrogens with zero attached hydrogens (tertiary/aromatic N) is 2. The molecule has 0 saturated heterocycles. The summed E-state index contributed by atoms with van der Waals surface area (Å²) in [4.78, 5) is 24.3. The highest BCUT2D eigenvalue weighted by molar-refractivity contribution is 6.05. The minimum atomic E-state index is -0.659. The fourth-order valence-electron chi connectivity index (χ4n) is 2.33. The predicted molar refractivity (Wildman–Crippen MR) is 97.2 cm³/mol. The molecule has 0 atom stereocenters. The molecule has 0 saturated carbocycles. The van der Waals surface area contributed by atoms with Crippen LogP contribution in [0.3, 0.4) is 0 Å². The van der Waals surface area contributed by atoms with E-state index in [1.165, 1.54) is 11.8 Å². The summed E-state index contributed by atoms with van der Waals surface area (Å²) in [5, 5.41) is 18.8. The van der Waals surface area contributed by atoms with Crippen LogP contribution in [0.2, 0.25) is 0 Å². The Morgan fingerprint density at radius 3 is 2.50 bits per heavy atom. The molecule has 1 heterocycles. The van der Waals surface area contributed by atoms with Gasteiger partial charge >= 0.3 is 0 Å². The molecule has 2 amide bonds. The summed E-state index contributed by atoms with van der Waals surface area (Å²) < 4.78 is 6.59. The lowest BCUT2D eigenvalue weighted by Crippen LogP contribution is -2.46. The number of rotatable bonds is 7. The number of nitrogens with one attached hydrogen (secondary N) is 2. The Balaban J connectivity index is 1.99. The van der Waals surface area contributed by atoms with E-state index in [-0.39, 0.29) is 30.7 Å². The van der Waals surface area contributed by atoms with Gasteiger partial charge in [0.05, 0.1) is 25.7 Å². The monoisotopic (exact) mass is 360 g/mol. The number of ether oxygens (including phenoxy) is 1. The van der Waals surface area contributed by atoms with E-state index in [1.807, 2.05) is 0 Å². The summed E-state index contributed by atoms with van der Waals surface area (Å²) in [5.41, 5.74) is 1.08. The number of carbonyl (C=O) groups excluding carboxylic acids is 2. The Labute approximate surface area is 152 Å². The van der Waals surface area contributed by atoms with Crippen molar-refractivity contribution in [2.75, 3.05) is 19.0 Å². The van der Waals surface area contributed by atoms with E-state index in [4.69, 9.17) is 4.74 Å². The van der Waals surface area contributed by atoms with Gasteiger partial charge in [-0.1, -0.05) is 12.1 Å². The average molecular weight is 360 g/mol. The van der Waals surface area contributed by atoms with Crippen molar-refractivity contribution in [3.8, 4) is 5.88 Å². The molecule has 0 aliphatic heterocycles. The van der Waals surface area contributed by atoms with Crippen molar-refractivity contribution >= 4 is 17.5 Å². The van der Waals surface area contributed by atoms with Crippen molar-refractivity contribution in [1.29, 1.82) is 0 Å².